The summed E-state index contributed by atoms with van der Waals surface area (Å²) in [6.45, 7) is 1.95. The summed E-state index contributed by atoms with van der Waals surface area (Å²) in [7, 11) is 0. The smallest absolute Gasteiger partial charge is 0.228 e. The van der Waals surface area contributed by atoms with Crippen LogP contribution in [-0.4, -0.2) is 5.91 Å². The lowest BCUT2D eigenvalue weighted by atomic mass is 10.1. The molecular weight excluding hydrogens is 309 g/mol. The summed E-state index contributed by atoms with van der Waals surface area (Å²) < 4.78 is 13.9. The van der Waals surface area contributed by atoms with E-state index in [1.54, 1.807) is 12.1 Å². The van der Waals surface area contributed by atoms with Crippen LogP contribution in [-0.2, 0) is 11.2 Å². The molecule has 0 radical (unpaired) electrons. The third-order valence-electron chi connectivity index (χ3n) is 2.58. The van der Waals surface area contributed by atoms with Crippen LogP contribution in [0.2, 0.25) is 0 Å². The molecule has 2 aromatic rings. The zero-order chi connectivity index (χ0) is 13.8. The number of anilines is 1. The van der Waals surface area contributed by atoms with Gasteiger partial charge >= 0.3 is 0 Å². The number of amides is 1. The SMILES string of the molecule is Cc1cc(Br)cc(NC(=O)Cc2cccc(F)c2)c1. The first-order valence-corrected chi connectivity index (χ1v) is 6.64. The van der Waals surface area contributed by atoms with Crippen molar-refractivity contribution in [3.05, 3.63) is 63.9 Å². The molecular formula is C15H13BrFNO. The standard InChI is InChI=1S/C15H13BrFNO/c1-10-5-12(16)9-14(6-10)18-15(19)8-11-3-2-4-13(17)7-11/h2-7,9H,8H2,1H3,(H,18,19). The van der Waals surface area contributed by atoms with Crippen molar-refractivity contribution in [2.45, 2.75) is 13.3 Å². The summed E-state index contributed by atoms with van der Waals surface area (Å²) in [5, 5.41) is 2.80. The van der Waals surface area contributed by atoms with Gasteiger partial charge in [0.15, 0.2) is 0 Å². The van der Waals surface area contributed by atoms with E-state index in [2.05, 4.69) is 21.2 Å². The first-order valence-electron chi connectivity index (χ1n) is 5.84. The third kappa shape index (κ3) is 4.17. The van der Waals surface area contributed by atoms with Gasteiger partial charge in [0.05, 0.1) is 6.42 Å². The maximum absolute atomic E-state index is 13.0. The Hall–Kier alpha value is -1.68. The van der Waals surface area contributed by atoms with Gasteiger partial charge in [-0.05, 0) is 48.4 Å². The molecule has 2 nitrogen and oxygen atoms in total. The Morgan fingerprint density at radius 2 is 2.05 bits per heavy atom. The molecule has 0 aliphatic heterocycles. The molecule has 98 valence electrons. The first kappa shape index (κ1) is 13.7. The molecule has 1 amide bonds. The average molecular weight is 322 g/mol. The van der Waals surface area contributed by atoms with Gasteiger partial charge in [0, 0.05) is 10.2 Å². The Morgan fingerprint density at radius 1 is 1.26 bits per heavy atom. The van der Waals surface area contributed by atoms with Crippen LogP contribution < -0.4 is 5.32 Å². The van der Waals surface area contributed by atoms with Gasteiger partial charge in [0.25, 0.3) is 0 Å². The summed E-state index contributed by atoms with van der Waals surface area (Å²) in [5.74, 6) is -0.494. The topological polar surface area (TPSA) is 29.1 Å². The van der Waals surface area contributed by atoms with Gasteiger partial charge in [-0.2, -0.15) is 0 Å². The zero-order valence-corrected chi connectivity index (χ0v) is 12.0. The largest absolute Gasteiger partial charge is 0.326 e. The number of carbonyl (C=O) groups excluding carboxylic acids is 1. The highest BCUT2D eigenvalue weighted by Crippen LogP contribution is 2.19. The van der Waals surface area contributed by atoms with Crippen LogP contribution in [0, 0.1) is 12.7 Å². The molecule has 0 bridgehead atoms. The van der Waals surface area contributed by atoms with Crippen LogP contribution in [0.1, 0.15) is 11.1 Å². The minimum absolute atomic E-state index is 0.156. The number of nitrogens with one attached hydrogen (secondary N) is 1. The van der Waals surface area contributed by atoms with Crippen LogP contribution in [0.25, 0.3) is 0 Å². The monoisotopic (exact) mass is 321 g/mol. The van der Waals surface area contributed by atoms with Gasteiger partial charge in [0.1, 0.15) is 5.82 Å². The molecule has 0 saturated carbocycles. The van der Waals surface area contributed by atoms with E-state index in [9.17, 15) is 9.18 Å². The molecule has 0 aliphatic carbocycles. The number of hydrogen-bond acceptors (Lipinski definition) is 1. The fourth-order valence-electron chi connectivity index (χ4n) is 1.85. The van der Waals surface area contributed by atoms with E-state index in [4.69, 9.17) is 0 Å². The van der Waals surface area contributed by atoms with Crippen molar-refractivity contribution in [1.82, 2.24) is 0 Å². The molecule has 0 aromatic heterocycles. The van der Waals surface area contributed by atoms with E-state index in [0.717, 1.165) is 15.7 Å². The van der Waals surface area contributed by atoms with Crippen molar-refractivity contribution >= 4 is 27.5 Å². The zero-order valence-electron chi connectivity index (χ0n) is 10.4. The minimum Gasteiger partial charge on any atom is -0.326 e. The lowest BCUT2D eigenvalue weighted by Crippen LogP contribution is -2.14. The molecule has 2 aromatic carbocycles. The van der Waals surface area contributed by atoms with Gasteiger partial charge in [-0.3, -0.25) is 4.79 Å². The van der Waals surface area contributed by atoms with E-state index in [1.807, 2.05) is 25.1 Å². The minimum atomic E-state index is -0.330. The molecule has 0 unspecified atom stereocenters. The van der Waals surface area contributed by atoms with Crippen molar-refractivity contribution in [3.8, 4) is 0 Å². The second kappa shape index (κ2) is 5.97. The predicted molar refractivity (Wildman–Crippen MR) is 77.6 cm³/mol. The quantitative estimate of drug-likeness (QED) is 0.906. The summed E-state index contributed by atoms with van der Waals surface area (Å²) in [4.78, 5) is 11.9. The second-order valence-corrected chi connectivity index (χ2v) is 5.29. The number of benzene rings is 2. The van der Waals surface area contributed by atoms with Crippen molar-refractivity contribution in [2.75, 3.05) is 5.32 Å². The normalized spacial score (nSPS) is 10.3. The van der Waals surface area contributed by atoms with Gasteiger partial charge in [-0.25, -0.2) is 4.39 Å². The molecule has 0 spiro atoms. The highest BCUT2D eigenvalue weighted by Gasteiger charge is 2.06. The van der Waals surface area contributed by atoms with E-state index < -0.39 is 0 Å². The lowest BCUT2D eigenvalue weighted by molar-refractivity contribution is -0.115. The van der Waals surface area contributed by atoms with Gasteiger partial charge < -0.3 is 5.32 Å². The van der Waals surface area contributed by atoms with Crippen molar-refractivity contribution < 1.29 is 9.18 Å². The average Bonchev–Trinajstić information content (AvgIpc) is 2.26. The number of carbonyl (C=O) groups is 1. The van der Waals surface area contributed by atoms with Gasteiger partial charge in [0.2, 0.25) is 5.91 Å². The van der Waals surface area contributed by atoms with Crippen molar-refractivity contribution in [2.24, 2.45) is 0 Å². The number of halogens is 2. The van der Waals surface area contributed by atoms with Crippen LogP contribution in [0.4, 0.5) is 10.1 Å². The highest BCUT2D eigenvalue weighted by molar-refractivity contribution is 9.10. The molecule has 19 heavy (non-hydrogen) atoms. The van der Waals surface area contributed by atoms with Crippen LogP contribution >= 0.6 is 15.9 Å². The predicted octanol–water partition coefficient (Wildman–Crippen LogP) is 4.08. The van der Waals surface area contributed by atoms with Crippen molar-refractivity contribution in [1.29, 1.82) is 0 Å². The van der Waals surface area contributed by atoms with E-state index >= 15 is 0 Å². The fraction of sp³-hybridized carbons (Fsp3) is 0.133. The maximum atomic E-state index is 13.0. The molecule has 2 rings (SSSR count). The Balaban J connectivity index is 2.05. The molecule has 4 heteroatoms. The molecule has 0 saturated heterocycles. The van der Waals surface area contributed by atoms with E-state index in [0.29, 0.717) is 5.56 Å². The Kier molecular flexibility index (Phi) is 4.32. The van der Waals surface area contributed by atoms with Gasteiger partial charge in [-0.1, -0.05) is 28.1 Å². The maximum Gasteiger partial charge on any atom is 0.228 e. The number of hydrogen-bond donors (Lipinski definition) is 1. The Morgan fingerprint density at radius 3 is 2.74 bits per heavy atom. The summed E-state index contributed by atoms with van der Waals surface area (Å²) >= 11 is 3.38. The van der Waals surface area contributed by atoms with Gasteiger partial charge in [-0.15, -0.1) is 0 Å². The lowest BCUT2D eigenvalue weighted by Gasteiger charge is -2.07. The van der Waals surface area contributed by atoms with Crippen LogP contribution in [0.15, 0.2) is 46.9 Å². The van der Waals surface area contributed by atoms with E-state index in [1.165, 1.54) is 12.1 Å². The highest BCUT2D eigenvalue weighted by atomic mass is 79.9. The molecule has 0 atom stereocenters. The molecule has 0 aliphatic rings. The summed E-state index contributed by atoms with van der Waals surface area (Å²) in [6, 6.07) is 11.7. The Bertz CT molecular complexity index is 593. The number of rotatable bonds is 3. The molecule has 0 heterocycles. The van der Waals surface area contributed by atoms with E-state index in [-0.39, 0.29) is 18.1 Å². The Labute approximate surface area is 119 Å². The summed E-state index contributed by atoms with van der Waals surface area (Å²) in [5.41, 5.74) is 2.44. The number of aryl methyl sites for hydroxylation is 1. The van der Waals surface area contributed by atoms with Crippen molar-refractivity contribution in [3.63, 3.8) is 0 Å². The van der Waals surface area contributed by atoms with Crippen LogP contribution in [0.5, 0.6) is 0 Å². The first-order chi connectivity index (χ1) is 9.02. The molecule has 1 N–H and O–H groups in total. The molecule has 0 fully saturated rings. The second-order valence-electron chi connectivity index (χ2n) is 4.37. The third-order valence-corrected chi connectivity index (χ3v) is 3.04. The summed E-state index contributed by atoms with van der Waals surface area (Å²) in [6.07, 6.45) is 0.156. The fourth-order valence-corrected chi connectivity index (χ4v) is 2.45. The van der Waals surface area contributed by atoms with Crippen LogP contribution in [0.3, 0.4) is 0 Å².